The molecule has 0 saturated carbocycles. The number of carbonyl (C=O) groups excluding carboxylic acids is 1. The molecule has 1 amide bonds. The van der Waals surface area contributed by atoms with Crippen molar-refractivity contribution in [3.05, 3.63) is 0 Å². The molecule has 0 bridgehead atoms. The third-order valence-electron chi connectivity index (χ3n) is 3.03. The lowest BCUT2D eigenvalue weighted by atomic mass is 10.3. The molecule has 0 unspecified atom stereocenters. The zero-order chi connectivity index (χ0) is 14.3. The Balaban J connectivity index is 0.000000312. The summed E-state index contributed by atoms with van der Waals surface area (Å²) in [5.74, 6) is 0.324. The van der Waals surface area contributed by atoms with Gasteiger partial charge in [-0.15, -0.1) is 0 Å². The maximum absolute atomic E-state index is 11.8. The van der Waals surface area contributed by atoms with Gasteiger partial charge in [0.25, 0.3) is 0 Å². The highest BCUT2D eigenvalue weighted by Gasteiger charge is 2.20. The van der Waals surface area contributed by atoms with Gasteiger partial charge in [0.2, 0.25) is 5.91 Å². The Hall–Kier alpha value is -0.500. The summed E-state index contributed by atoms with van der Waals surface area (Å²) < 4.78 is 8.88. The topological polar surface area (TPSA) is 113 Å². The lowest BCUT2D eigenvalue weighted by molar-refractivity contribution is -0.131. The van der Waals surface area contributed by atoms with Crippen LogP contribution in [0.1, 0.15) is 12.8 Å². The normalized spacial score (nSPS) is 20.9. The first-order valence-electron chi connectivity index (χ1n) is 6.35. The summed E-state index contributed by atoms with van der Waals surface area (Å²) >= 11 is 0. The number of nitrogens with zero attached hydrogens (tertiary/aromatic N) is 2. The van der Waals surface area contributed by atoms with Gasteiger partial charge in [0, 0.05) is 39.3 Å². The Morgan fingerprint density at radius 1 is 1.05 bits per heavy atom. The number of likely N-dealkylation sites (tertiary alicyclic amines) is 1. The first-order valence-corrected chi connectivity index (χ1v) is 7.92. The number of hydrogen-bond acceptors (Lipinski definition) is 4. The summed E-state index contributed by atoms with van der Waals surface area (Å²) in [6, 6.07) is 0. The van der Waals surface area contributed by atoms with Crippen LogP contribution in [0.25, 0.3) is 0 Å². The SMILES string of the molecule is O=C(CN1CCNCC1)N1CCCC1.O=P(O)(O)O. The third kappa shape index (κ3) is 8.30. The fourth-order valence-electron chi connectivity index (χ4n) is 2.13. The average molecular weight is 295 g/mol. The molecule has 9 heteroatoms. The molecule has 0 aliphatic carbocycles. The minimum atomic E-state index is -4.64. The van der Waals surface area contributed by atoms with E-state index in [0.717, 1.165) is 39.3 Å². The molecule has 2 saturated heterocycles. The van der Waals surface area contributed by atoms with Crippen LogP contribution in [0.15, 0.2) is 0 Å². The number of carbonyl (C=O) groups is 1. The molecule has 2 fully saturated rings. The zero-order valence-corrected chi connectivity index (χ0v) is 11.8. The molecule has 0 aromatic carbocycles. The van der Waals surface area contributed by atoms with E-state index in [4.69, 9.17) is 19.2 Å². The number of hydrogen-bond donors (Lipinski definition) is 4. The van der Waals surface area contributed by atoms with Crippen molar-refractivity contribution in [3.63, 3.8) is 0 Å². The first kappa shape index (κ1) is 16.6. The van der Waals surface area contributed by atoms with Crippen LogP contribution >= 0.6 is 7.82 Å². The summed E-state index contributed by atoms with van der Waals surface area (Å²) in [5, 5.41) is 3.29. The number of rotatable bonds is 2. The third-order valence-corrected chi connectivity index (χ3v) is 3.03. The van der Waals surface area contributed by atoms with Crippen molar-refractivity contribution in [1.29, 1.82) is 0 Å². The Morgan fingerprint density at radius 3 is 2.00 bits per heavy atom. The molecule has 2 aliphatic heterocycles. The summed E-state index contributed by atoms with van der Waals surface area (Å²) in [5.41, 5.74) is 0. The van der Waals surface area contributed by atoms with Gasteiger partial charge < -0.3 is 24.9 Å². The van der Waals surface area contributed by atoms with Crippen LogP contribution in [-0.4, -0.2) is 76.2 Å². The van der Waals surface area contributed by atoms with Gasteiger partial charge in [-0.2, -0.15) is 0 Å². The number of phosphoric acid groups is 1. The number of piperazine rings is 1. The van der Waals surface area contributed by atoms with Gasteiger partial charge in [0.05, 0.1) is 6.54 Å². The van der Waals surface area contributed by atoms with Crippen molar-refractivity contribution in [3.8, 4) is 0 Å². The second kappa shape index (κ2) is 7.94. The van der Waals surface area contributed by atoms with Gasteiger partial charge >= 0.3 is 7.82 Å². The summed E-state index contributed by atoms with van der Waals surface area (Å²) in [6.07, 6.45) is 2.38. The van der Waals surface area contributed by atoms with E-state index >= 15 is 0 Å². The van der Waals surface area contributed by atoms with E-state index in [1.54, 1.807) is 0 Å². The van der Waals surface area contributed by atoms with Gasteiger partial charge in [-0.3, -0.25) is 9.69 Å². The highest BCUT2D eigenvalue weighted by Crippen LogP contribution is 2.25. The molecule has 2 rings (SSSR count). The van der Waals surface area contributed by atoms with Crippen molar-refractivity contribution < 1.29 is 24.0 Å². The first-order chi connectivity index (χ1) is 8.86. The quantitative estimate of drug-likeness (QED) is 0.463. The molecular weight excluding hydrogens is 273 g/mol. The van der Waals surface area contributed by atoms with Gasteiger partial charge in [0.15, 0.2) is 0 Å². The molecular formula is C10H22N3O5P. The van der Waals surface area contributed by atoms with E-state index in [0.29, 0.717) is 12.5 Å². The Labute approximate surface area is 112 Å². The molecule has 0 spiro atoms. The van der Waals surface area contributed by atoms with Gasteiger partial charge in [-0.05, 0) is 12.8 Å². The second-order valence-corrected chi connectivity index (χ2v) is 5.65. The lowest BCUT2D eigenvalue weighted by Gasteiger charge is -2.28. The second-order valence-electron chi connectivity index (χ2n) is 4.63. The summed E-state index contributed by atoms with van der Waals surface area (Å²) in [4.78, 5) is 37.6. The van der Waals surface area contributed by atoms with E-state index < -0.39 is 7.82 Å². The zero-order valence-electron chi connectivity index (χ0n) is 10.9. The summed E-state index contributed by atoms with van der Waals surface area (Å²) in [7, 11) is -4.64. The van der Waals surface area contributed by atoms with Crippen LogP contribution in [0.4, 0.5) is 0 Å². The molecule has 2 heterocycles. The van der Waals surface area contributed by atoms with E-state index in [2.05, 4.69) is 10.2 Å². The maximum atomic E-state index is 11.8. The monoisotopic (exact) mass is 295 g/mol. The van der Waals surface area contributed by atoms with Gasteiger partial charge in [0.1, 0.15) is 0 Å². The molecule has 2 aliphatic rings. The molecule has 112 valence electrons. The lowest BCUT2D eigenvalue weighted by Crippen LogP contribution is -2.48. The highest BCUT2D eigenvalue weighted by atomic mass is 31.2. The fourth-order valence-corrected chi connectivity index (χ4v) is 2.13. The molecule has 0 aromatic heterocycles. The van der Waals surface area contributed by atoms with Crippen LogP contribution in [0, 0.1) is 0 Å². The summed E-state index contributed by atoms with van der Waals surface area (Å²) in [6.45, 7) is 6.65. The van der Waals surface area contributed by atoms with Crippen molar-refractivity contribution in [2.45, 2.75) is 12.8 Å². The van der Waals surface area contributed by atoms with E-state index in [1.165, 1.54) is 12.8 Å². The minimum absolute atomic E-state index is 0.324. The van der Waals surface area contributed by atoms with Crippen molar-refractivity contribution in [1.82, 2.24) is 15.1 Å². The van der Waals surface area contributed by atoms with Crippen LogP contribution in [-0.2, 0) is 9.36 Å². The largest absolute Gasteiger partial charge is 0.466 e. The molecule has 8 nitrogen and oxygen atoms in total. The van der Waals surface area contributed by atoms with Crippen LogP contribution in [0.3, 0.4) is 0 Å². The number of nitrogens with one attached hydrogen (secondary N) is 1. The van der Waals surface area contributed by atoms with E-state index in [1.807, 2.05) is 4.90 Å². The predicted octanol–water partition coefficient (Wildman–Crippen LogP) is -1.41. The Bertz CT molecular complexity index is 315. The standard InChI is InChI=1S/C10H19N3O.H3O4P/c14-10(13-5-1-2-6-13)9-12-7-3-11-4-8-12;1-5(2,3)4/h11H,1-9H2;(H3,1,2,3,4). The molecule has 0 aromatic rings. The molecule has 0 atom stereocenters. The molecule has 19 heavy (non-hydrogen) atoms. The number of amides is 1. The van der Waals surface area contributed by atoms with Crippen LogP contribution < -0.4 is 5.32 Å². The van der Waals surface area contributed by atoms with E-state index in [-0.39, 0.29) is 0 Å². The van der Waals surface area contributed by atoms with Gasteiger partial charge in [-0.25, -0.2) is 4.57 Å². The highest BCUT2D eigenvalue weighted by molar-refractivity contribution is 7.45. The Kier molecular flexibility index (Phi) is 6.92. The van der Waals surface area contributed by atoms with Crippen LogP contribution in [0.2, 0.25) is 0 Å². The van der Waals surface area contributed by atoms with Crippen molar-refractivity contribution in [2.24, 2.45) is 0 Å². The van der Waals surface area contributed by atoms with E-state index in [9.17, 15) is 4.79 Å². The average Bonchev–Trinajstić information content (AvgIpc) is 2.81. The minimum Gasteiger partial charge on any atom is -0.342 e. The molecule has 0 radical (unpaired) electrons. The predicted molar refractivity (Wildman–Crippen MR) is 69.4 cm³/mol. The van der Waals surface area contributed by atoms with Crippen molar-refractivity contribution >= 4 is 13.7 Å². The smallest absolute Gasteiger partial charge is 0.342 e. The molecule has 4 N–H and O–H groups in total. The fraction of sp³-hybridized carbons (Fsp3) is 0.900. The van der Waals surface area contributed by atoms with Gasteiger partial charge in [-0.1, -0.05) is 0 Å². The van der Waals surface area contributed by atoms with Crippen molar-refractivity contribution in [2.75, 3.05) is 45.8 Å². The van der Waals surface area contributed by atoms with Crippen LogP contribution in [0.5, 0.6) is 0 Å². The Morgan fingerprint density at radius 2 is 1.53 bits per heavy atom. The maximum Gasteiger partial charge on any atom is 0.466 e.